The van der Waals surface area contributed by atoms with Gasteiger partial charge in [-0.2, -0.15) is 0 Å². The van der Waals surface area contributed by atoms with Gasteiger partial charge in [-0.1, -0.05) is 0 Å². The van der Waals surface area contributed by atoms with Crippen LogP contribution in [0.3, 0.4) is 0 Å². The minimum Gasteiger partial charge on any atom is -0.384 e. The Balaban J connectivity index is 2.29. The van der Waals surface area contributed by atoms with Gasteiger partial charge in [-0.25, -0.2) is 0 Å². The zero-order chi connectivity index (χ0) is 7.61. The fourth-order valence-corrected chi connectivity index (χ4v) is 1.50. The maximum absolute atomic E-state index is 5.53. The summed E-state index contributed by atoms with van der Waals surface area (Å²) in [5.74, 6) is 0.611. The summed E-state index contributed by atoms with van der Waals surface area (Å²) in [6, 6.07) is 0. The highest BCUT2D eigenvalue weighted by Crippen LogP contribution is 2.28. The lowest BCUT2D eigenvalue weighted by Gasteiger charge is -2.15. The van der Waals surface area contributed by atoms with Crippen LogP contribution in [-0.4, -0.2) is 25.9 Å². The van der Waals surface area contributed by atoms with E-state index >= 15 is 0 Å². The average molecular weight is 144 g/mol. The monoisotopic (exact) mass is 144 g/mol. The summed E-state index contributed by atoms with van der Waals surface area (Å²) < 4.78 is 10.6. The van der Waals surface area contributed by atoms with Gasteiger partial charge >= 0.3 is 0 Å². The van der Waals surface area contributed by atoms with Crippen molar-refractivity contribution in [2.75, 3.05) is 20.3 Å². The third-order valence-electron chi connectivity index (χ3n) is 1.89. The molecule has 1 fully saturated rings. The molecule has 0 N–H and O–H groups in total. The summed E-state index contributed by atoms with van der Waals surface area (Å²) >= 11 is 0. The lowest BCUT2D eigenvalue weighted by atomic mass is 9.99. The van der Waals surface area contributed by atoms with Gasteiger partial charge in [-0.15, -0.1) is 0 Å². The largest absolute Gasteiger partial charge is 0.384 e. The van der Waals surface area contributed by atoms with E-state index in [1.54, 1.807) is 7.11 Å². The van der Waals surface area contributed by atoms with Gasteiger partial charge in [0.15, 0.2) is 0 Å². The normalized spacial score (nSPS) is 30.9. The van der Waals surface area contributed by atoms with Crippen LogP contribution in [0, 0.1) is 5.92 Å². The Hall–Kier alpha value is -0.0800. The van der Waals surface area contributed by atoms with E-state index in [0.717, 1.165) is 19.6 Å². The molecule has 0 aromatic rings. The maximum atomic E-state index is 5.53. The van der Waals surface area contributed by atoms with Gasteiger partial charge in [0.05, 0.1) is 18.8 Å². The molecule has 1 rings (SSSR count). The second-order valence-corrected chi connectivity index (χ2v) is 3.60. The quantitative estimate of drug-likeness (QED) is 0.584. The van der Waals surface area contributed by atoms with Gasteiger partial charge in [0.2, 0.25) is 0 Å². The van der Waals surface area contributed by atoms with Crippen molar-refractivity contribution >= 4 is 0 Å². The van der Waals surface area contributed by atoms with Crippen LogP contribution in [0.2, 0.25) is 0 Å². The Morgan fingerprint density at radius 2 is 2.30 bits per heavy atom. The minimum atomic E-state index is 0.0865. The van der Waals surface area contributed by atoms with Crippen LogP contribution >= 0.6 is 0 Å². The molecule has 2 nitrogen and oxygen atoms in total. The molecule has 0 aliphatic carbocycles. The molecular formula is C8H16O2. The summed E-state index contributed by atoms with van der Waals surface area (Å²) in [5, 5.41) is 0. The van der Waals surface area contributed by atoms with Crippen molar-refractivity contribution in [2.45, 2.75) is 25.9 Å². The first-order valence-electron chi connectivity index (χ1n) is 3.77. The SMILES string of the molecule is COCC1COC(C)(C)C1. The fourth-order valence-electron chi connectivity index (χ4n) is 1.50. The Labute approximate surface area is 62.5 Å². The Morgan fingerprint density at radius 3 is 2.70 bits per heavy atom. The van der Waals surface area contributed by atoms with Crippen molar-refractivity contribution in [3.63, 3.8) is 0 Å². The molecule has 1 aliphatic rings. The lowest BCUT2D eigenvalue weighted by Crippen LogP contribution is -2.17. The summed E-state index contributed by atoms with van der Waals surface area (Å²) in [5.41, 5.74) is 0.0865. The van der Waals surface area contributed by atoms with Crippen LogP contribution in [0.5, 0.6) is 0 Å². The molecule has 0 radical (unpaired) electrons. The summed E-state index contributed by atoms with van der Waals surface area (Å²) in [4.78, 5) is 0. The standard InChI is InChI=1S/C8H16O2/c1-8(2)4-7(5-9-3)6-10-8/h7H,4-6H2,1-3H3. The fraction of sp³-hybridized carbons (Fsp3) is 1.00. The van der Waals surface area contributed by atoms with Crippen LogP contribution in [-0.2, 0) is 9.47 Å². The maximum Gasteiger partial charge on any atom is 0.0631 e. The Bertz CT molecular complexity index is 110. The first-order valence-corrected chi connectivity index (χ1v) is 3.77. The van der Waals surface area contributed by atoms with E-state index in [2.05, 4.69) is 13.8 Å². The van der Waals surface area contributed by atoms with Gasteiger partial charge in [-0.3, -0.25) is 0 Å². The number of rotatable bonds is 2. The minimum absolute atomic E-state index is 0.0865. The molecular weight excluding hydrogens is 128 g/mol. The molecule has 10 heavy (non-hydrogen) atoms. The zero-order valence-electron chi connectivity index (χ0n) is 7.02. The summed E-state index contributed by atoms with van der Waals surface area (Å²) in [6.45, 7) is 5.95. The average Bonchev–Trinajstić information content (AvgIpc) is 2.12. The van der Waals surface area contributed by atoms with Gasteiger partial charge in [0.25, 0.3) is 0 Å². The van der Waals surface area contributed by atoms with E-state index in [1.165, 1.54) is 0 Å². The van der Waals surface area contributed by atoms with Gasteiger partial charge in [0.1, 0.15) is 0 Å². The van der Waals surface area contributed by atoms with E-state index in [9.17, 15) is 0 Å². The number of methoxy groups -OCH3 is 1. The molecule has 0 saturated carbocycles. The molecule has 0 bridgehead atoms. The van der Waals surface area contributed by atoms with Crippen molar-refractivity contribution in [3.8, 4) is 0 Å². The summed E-state index contributed by atoms with van der Waals surface area (Å²) in [6.07, 6.45) is 1.13. The van der Waals surface area contributed by atoms with Crippen LogP contribution in [0.1, 0.15) is 20.3 Å². The molecule has 1 heterocycles. The smallest absolute Gasteiger partial charge is 0.0631 e. The Kier molecular flexibility index (Phi) is 2.32. The van der Waals surface area contributed by atoms with Crippen LogP contribution in [0.4, 0.5) is 0 Å². The number of hydrogen-bond donors (Lipinski definition) is 0. The first-order chi connectivity index (χ1) is 4.64. The highest BCUT2D eigenvalue weighted by molar-refractivity contribution is 4.80. The molecule has 1 atom stereocenters. The van der Waals surface area contributed by atoms with Gasteiger partial charge in [-0.05, 0) is 20.3 Å². The molecule has 1 aliphatic heterocycles. The third kappa shape index (κ3) is 1.96. The van der Waals surface area contributed by atoms with Crippen LogP contribution < -0.4 is 0 Å². The van der Waals surface area contributed by atoms with Crippen LogP contribution in [0.25, 0.3) is 0 Å². The lowest BCUT2D eigenvalue weighted by molar-refractivity contribution is 0.0329. The third-order valence-corrected chi connectivity index (χ3v) is 1.89. The van der Waals surface area contributed by atoms with E-state index in [-0.39, 0.29) is 5.60 Å². The molecule has 0 amide bonds. The van der Waals surface area contributed by atoms with E-state index in [1.807, 2.05) is 0 Å². The second kappa shape index (κ2) is 2.89. The molecule has 1 unspecified atom stereocenters. The molecule has 0 aromatic heterocycles. The second-order valence-electron chi connectivity index (χ2n) is 3.60. The van der Waals surface area contributed by atoms with Crippen molar-refractivity contribution in [1.29, 1.82) is 0 Å². The highest BCUT2D eigenvalue weighted by Gasteiger charge is 2.31. The van der Waals surface area contributed by atoms with Gasteiger partial charge in [0, 0.05) is 13.0 Å². The van der Waals surface area contributed by atoms with Crippen molar-refractivity contribution in [1.82, 2.24) is 0 Å². The first kappa shape index (κ1) is 8.02. The zero-order valence-corrected chi connectivity index (χ0v) is 7.02. The molecule has 1 saturated heterocycles. The predicted molar refractivity (Wildman–Crippen MR) is 40.0 cm³/mol. The van der Waals surface area contributed by atoms with Crippen molar-refractivity contribution in [3.05, 3.63) is 0 Å². The number of hydrogen-bond acceptors (Lipinski definition) is 2. The van der Waals surface area contributed by atoms with E-state index in [4.69, 9.17) is 9.47 Å². The van der Waals surface area contributed by atoms with Crippen molar-refractivity contribution < 1.29 is 9.47 Å². The van der Waals surface area contributed by atoms with E-state index in [0.29, 0.717) is 5.92 Å². The predicted octanol–water partition coefficient (Wildman–Crippen LogP) is 1.45. The highest BCUT2D eigenvalue weighted by atomic mass is 16.5. The molecule has 2 heteroatoms. The summed E-state index contributed by atoms with van der Waals surface area (Å²) in [7, 11) is 1.74. The van der Waals surface area contributed by atoms with E-state index < -0.39 is 0 Å². The van der Waals surface area contributed by atoms with Crippen LogP contribution in [0.15, 0.2) is 0 Å². The molecule has 0 spiro atoms. The number of ether oxygens (including phenoxy) is 2. The van der Waals surface area contributed by atoms with Crippen molar-refractivity contribution in [2.24, 2.45) is 5.92 Å². The van der Waals surface area contributed by atoms with Gasteiger partial charge < -0.3 is 9.47 Å². The molecule has 60 valence electrons. The Morgan fingerprint density at radius 1 is 1.60 bits per heavy atom. The topological polar surface area (TPSA) is 18.5 Å². The molecule has 0 aromatic carbocycles.